The SMILES string of the molecule is C=C(CN1CCCC(C)C1)C(C)=O. The number of hydrogen-bond donors (Lipinski definition) is 0. The van der Waals surface area contributed by atoms with E-state index in [0.29, 0.717) is 0 Å². The fourth-order valence-electron chi connectivity index (χ4n) is 1.81. The van der Waals surface area contributed by atoms with E-state index < -0.39 is 0 Å². The maximum absolute atomic E-state index is 11.0. The summed E-state index contributed by atoms with van der Waals surface area (Å²) in [5.41, 5.74) is 0.745. The Kier molecular flexibility index (Phi) is 3.67. The van der Waals surface area contributed by atoms with Crippen LogP contribution in [-0.4, -0.2) is 30.3 Å². The normalized spacial score (nSPS) is 24.3. The molecule has 1 atom stereocenters. The molecule has 2 heteroatoms. The lowest BCUT2D eigenvalue weighted by Crippen LogP contribution is -2.36. The summed E-state index contributed by atoms with van der Waals surface area (Å²) in [6.07, 6.45) is 2.58. The fourth-order valence-corrected chi connectivity index (χ4v) is 1.81. The van der Waals surface area contributed by atoms with Crippen molar-refractivity contribution in [3.05, 3.63) is 12.2 Å². The van der Waals surface area contributed by atoms with Crippen LogP contribution in [0.3, 0.4) is 0 Å². The summed E-state index contributed by atoms with van der Waals surface area (Å²) < 4.78 is 0. The number of rotatable bonds is 3. The van der Waals surface area contributed by atoms with Crippen LogP contribution in [0.25, 0.3) is 0 Å². The lowest BCUT2D eigenvalue weighted by atomic mass is 10.00. The number of Topliss-reactive ketones (excluding diaryl/α,β-unsaturated/α-hetero) is 1. The van der Waals surface area contributed by atoms with Gasteiger partial charge in [0.15, 0.2) is 5.78 Å². The molecule has 0 bridgehead atoms. The van der Waals surface area contributed by atoms with Crippen molar-refractivity contribution in [2.45, 2.75) is 26.7 Å². The number of nitrogens with zero attached hydrogens (tertiary/aromatic N) is 1. The Bertz CT molecular complexity index is 210. The first-order chi connectivity index (χ1) is 6.09. The molecule has 2 nitrogen and oxygen atoms in total. The maximum Gasteiger partial charge on any atom is 0.156 e. The van der Waals surface area contributed by atoms with Crippen molar-refractivity contribution in [3.63, 3.8) is 0 Å². The van der Waals surface area contributed by atoms with E-state index >= 15 is 0 Å². The van der Waals surface area contributed by atoms with Gasteiger partial charge in [0.25, 0.3) is 0 Å². The molecule has 1 fully saturated rings. The summed E-state index contributed by atoms with van der Waals surface area (Å²) in [7, 11) is 0. The molecule has 1 heterocycles. The zero-order valence-corrected chi connectivity index (χ0v) is 8.68. The van der Waals surface area contributed by atoms with Crippen LogP contribution >= 0.6 is 0 Å². The molecule has 1 aliphatic heterocycles. The van der Waals surface area contributed by atoms with Gasteiger partial charge in [0.1, 0.15) is 0 Å². The van der Waals surface area contributed by atoms with Gasteiger partial charge in [-0.1, -0.05) is 13.5 Å². The van der Waals surface area contributed by atoms with E-state index in [4.69, 9.17) is 0 Å². The highest BCUT2D eigenvalue weighted by Crippen LogP contribution is 2.16. The summed E-state index contributed by atoms with van der Waals surface area (Å²) in [6, 6.07) is 0. The number of likely N-dealkylation sites (tertiary alicyclic amines) is 1. The van der Waals surface area contributed by atoms with Crippen molar-refractivity contribution in [1.82, 2.24) is 4.90 Å². The van der Waals surface area contributed by atoms with Crippen LogP contribution in [0.5, 0.6) is 0 Å². The molecular formula is C11H19NO. The first-order valence-electron chi connectivity index (χ1n) is 5.00. The second kappa shape index (κ2) is 4.56. The van der Waals surface area contributed by atoms with Gasteiger partial charge >= 0.3 is 0 Å². The standard InChI is InChI=1S/C11H19NO/c1-9-5-4-6-12(7-9)8-10(2)11(3)13/h9H,2,4-8H2,1,3H3. The van der Waals surface area contributed by atoms with Crippen LogP contribution in [-0.2, 0) is 4.79 Å². The van der Waals surface area contributed by atoms with E-state index in [1.165, 1.54) is 12.8 Å². The van der Waals surface area contributed by atoms with Gasteiger partial charge in [-0.2, -0.15) is 0 Å². The monoisotopic (exact) mass is 181 g/mol. The Labute approximate surface area is 80.6 Å². The third-order valence-corrected chi connectivity index (χ3v) is 2.65. The lowest BCUT2D eigenvalue weighted by Gasteiger charge is -2.30. The summed E-state index contributed by atoms with van der Waals surface area (Å²) >= 11 is 0. The van der Waals surface area contributed by atoms with E-state index in [2.05, 4.69) is 18.4 Å². The molecule has 1 aliphatic rings. The van der Waals surface area contributed by atoms with Gasteiger partial charge in [0, 0.05) is 18.7 Å². The zero-order chi connectivity index (χ0) is 9.84. The van der Waals surface area contributed by atoms with E-state index in [9.17, 15) is 4.79 Å². The van der Waals surface area contributed by atoms with Crippen LogP contribution in [0, 0.1) is 5.92 Å². The first-order valence-corrected chi connectivity index (χ1v) is 5.00. The molecule has 0 aromatic heterocycles. The molecule has 1 unspecified atom stereocenters. The average molecular weight is 181 g/mol. The fraction of sp³-hybridized carbons (Fsp3) is 0.727. The molecule has 0 N–H and O–H groups in total. The molecule has 13 heavy (non-hydrogen) atoms. The number of piperidine rings is 1. The van der Waals surface area contributed by atoms with E-state index in [1.807, 2.05) is 0 Å². The number of carbonyl (C=O) groups excluding carboxylic acids is 1. The summed E-state index contributed by atoms with van der Waals surface area (Å²) in [5.74, 6) is 0.895. The molecule has 0 aromatic carbocycles. The van der Waals surface area contributed by atoms with Gasteiger partial charge in [-0.05, 0) is 32.2 Å². The van der Waals surface area contributed by atoms with Crippen molar-refractivity contribution in [1.29, 1.82) is 0 Å². The van der Waals surface area contributed by atoms with Gasteiger partial charge in [-0.25, -0.2) is 0 Å². The van der Waals surface area contributed by atoms with Crippen LogP contribution in [0.4, 0.5) is 0 Å². The molecule has 1 rings (SSSR count). The van der Waals surface area contributed by atoms with Crippen molar-refractivity contribution in [3.8, 4) is 0 Å². The van der Waals surface area contributed by atoms with Crippen LogP contribution in [0.1, 0.15) is 26.7 Å². The number of hydrogen-bond acceptors (Lipinski definition) is 2. The third kappa shape index (κ3) is 3.31. The average Bonchev–Trinajstić information content (AvgIpc) is 2.04. The van der Waals surface area contributed by atoms with Gasteiger partial charge in [-0.3, -0.25) is 9.69 Å². The highest BCUT2D eigenvalue weighted by Gasteiger charge is 2.17. The van der Waals surface area contributed by atoms with Gasteiger partial charge in [0.05, 0.1) is 0 Å². The van der Waals surface area contributed by atoms with Gasteiger partial charge in [-0.15, -0.1) is 0 Å². The Morgan fingerprint density at radius 3 is 2.85 bits per heavy atom. The van der Waals surface area contributed by atoms with E-state index in [-0.39, 0.29) is 5.78 Å². The Balaban J connectivity index is 2.36. The third-order valence-electron chi connectivity index (χ3n) is 2.65. The predicted molar refractivity (Wildman–Crippen MR) is 54.7 cm³/mol. The van der Waals surface area contributed by atoms with Crippen molar-refractivity contribution >= 4 is 5.78 Å². The second-order valence-electron chi connectivity index (χ2n) is 4.14. The van der Waals surface area contributed by atoms with Gasteiger partial charge < -0.3 is 0 Å². The predicted octanol–water partition coefficient (Wildman–Crippen LogP) is 1.86. The topological polar surface area (TPSA) is 20.3 Å². The Morgan fingerprint density at radius 2 is 2.31 bits per heavy atom. The van der Waals surface area contributed by atoms with Crippen molar-refractivity contribution in [2.75, 3.05) is 19.6 Å². The summed E-state index contributed by atoms with van der Waals surface area (Å²) in [5, 5.41) is 0. The minimum atomic E-state index is 0.123. The lowest BCUT2D eigenvalue weighted by molar-refractivity contribution is -0.113. The molecule has 74 valence electrons. The van der Waals surface area contributed by atoms with E-state index in [0.717, 1.165) is 31.1 Å². The number of carbonyl (C=O) groups is 1. The van der Waals surface area contributed by atoms with Crippen LogP contribution in [0.2, 0.25) is 0 Å². The van der Waals surface area contributed by atoms with Gasteiger partial charge in [0.2, 0.25) is 0 Å². The second-order valence-corrected chi connectivity index (χ2v) is 4.14. The minimum Gasteiger partial charge on any atom is -0.299 e. The Morgan fingerprint density at radius 1 is 1.62 bits per heavy atom. The molecule has 0 aliphatic carbocycles. The highest BCUT2D eigenvalue weighted by atomic mass is 16.1. The van der Waals surface area contributed by atoms with Crippen molar-refractivity contribution < 1.29 is 4.79 Å². The zero-order valence-electron chi connectivity index (χ0n) is 8.68. The molecule has 1 saturated heterocycles. The molecule has 0 spiro atoms. The van der Waals surface area contributed by atoms with Crippen LogP contribution in [0.15, 0.2) is 12.2 Å². The molecule has 0 amide bonds. The summed E-state index contributed by atoms with van der Waals surface area (Å²) in [6.45, 7) is 10.6. The summed E-state index contributed by atoms with van der Waals surface area (Å²) in [4.78, 5) is 13.3. The largest absolute Gasteiger partial charge is 0.299 e. The first kappa shape index (κ1) is 10.5. The maximum atomic E-state index is 11.0. The molecule has 0 saturated carbocycles. The highest BCUT2D eigenvalue weighted by molar-refractivity contribution is 5.92. The number of ketones is 1. The van der Waals surface area contributed by atoms with Crippen LogP contribution < -0.4 is 0 Å². The Hall–Kier alpha value is -0.630. The smallest absolute Gasteiger partial charge is 0.156 e. The molecule has 0 aromatic rings. The quantitative estimate of drug-likeness (QED) is 0.619. The van der Waals surface area contributed by atoms with Crippen molar-refractivity contribution in [2.24, 2.45) is 5.92 Å². The molecular weight excluding hydrogens is 162 g/mol. The minimum absolute atomic E-state index is 0.123. The molecule has 0 radical (unpaired) electrons. The van der Waals surface area contributed by atoms with E-state index in [1.54, 1.807) is 6.92 Å².